The molecular weight excluding hydrogens is 234 g/mol. The first-order valence-corrected chi connectivity index (χ1v) is 6.89. The zero-order chi connectivity index (χ0) is 12.7. The molecule has 1 saturated carbocycles. The van der Waals surface area contributed by atoms with E-state index in [1.54, 1.807) is 0 Å². The van der Waals surface area contributed by atoms with E-state index in [4.69, 9.17) is 18.0 Å². The predicted octanol–water partition coefficient (Wildman–Crippen LogP) is 1.93. The van der Waals surface area contributed by atoms with Gasteiger partial charge < -0.3 is 16.4 Å². The summed E-state index contributed by atoms with van der Waals surface area (Å²) >= 11 is 5.06. The molecule has 0 aliphatic heterocycles. The highest BCUT2D eigenvalue weighted by Gasteiger charge is 2.26. The number of urea groups is 1. The van der Waals surface area contributed by atoms with E-state index in [1.807, 2.05) is 6.92 Å². The van der Waals surface area contributed by atoms with E-state index in [9.17, 15) is 4.79 Å². The van der Waals surface area contributed by atoms with E-state index in [2.05, 4.69) is 10.6 Å². The predicted molar refractivity (Wildman–Crippen MR) is 74.0 cm³/mol. The monoisotopic (exact) mass is 257 g/mol. The molecule has 4 N–H and O–H groups in total. The minimum atomic E-state index is -0.157. The smallest absolute Gasteiger partial charge is 0.315 e. The van der Waals surface area contributed by atoms with E-state index in [0.717, 1.165) is 19.3 Å². The molecule has 1 aliphatic carbocycles. The first-order chi connectivity index (χ1) is 8.15. The minimum Gasteiger partial charge on any atom is -0.392 e. The number of carbonyl (C=O) groups is 1. The Balaban J connectivity index is 2.47. The maximum atomic E-state index is 11.6. The summed E-state index contributed by atoms with van der Waals surface area (Å²) in [6.45, 7) is 2.70. The van der Waals surface area contributed by atoms with Gasteiger partial charge in [-0.15, -0.1) is 0 Å². The third-order valence-electron chi connectivity index (χ3n) is 3.25. The summed E-state index contributed by atoms with van der Waals surface area (Å²) in [5.74, 6) is 0.411. The van der Waals surface area contributed by atoms with Crippen molar-refractivity contribution in [3.8, 4) is 0 Å². The van der Waals surface area contributed by atoms with Crippen molar-refractivity contribution in [1.82, 2.24) is 10.6 Å². The number of nitrogens with two attached hydrogens (primary N) is 1. The third-order valence-corrected chi connectivity index (χ3v) is 3.50. The number of hydrogen-bond acceptors (Lipinski definition) is 2. The molecule has 0 spiro atoms. The van der Waals surface area contributed by atoms with Crippen LogP contribution in [0.5, 0.6) is 0 Å². The maximum Gasteiger partial charge on any atom is 0.315 e. The average Bonchev–Trinajstić information content (AvgIpc) is 2.34. The summed E-state index contributed by atoms with van der Waals surface area (Å²) in [6.07, 6.45) is 6.84. The molecule has 5 heteroatoms. The van der Waals surface area contributed by atoms with Gasteiger partial charge >= 0.3 is 6.03 Å². The summed E-state index contributed by atoms with van der Waals surface area (Å²) in [4.78, 5) is 12.0. The Morgan fingerprint density at radius 1 is 1.41 bits per heavy atom. The van der Waals surface area contributed by atoms with Crippen molar-refractivity contribution >= 4 is 23.2 Å². The number of carbonyl (C=O) groups excluding carboxylic acids is 1. The van der Waals surface area contributed by atoms with Gasteiger partial charge in [0.1, 0.15) is 0 Å². The van der Waals surface area contributed by atoms with Crippen molar-refractivity contribution in [3.05, 3.63) is 0 Å². The van der Waals surface area contributed by atoms with Gasteiger partial charge in [-0.1, -0.05) is 38.4 Å². The van der Waals surface area contributed by atoms with Gasteiger partial charge in [-0.2, -0.15) is 0 Å². The Hall–Kier alpha value is -0.840. The van der Waals surface area contributed by atoms with Crippen molar-refractivity contribution in [3.63, 3.8) is 0 Å². The molecular formula is C12H23N3OS. The van der Waals surface area contributed by atoms with Crippen LogP contribution in [0.4, 0.5) is 4.79 Å². The van der Waals surface area contributed by atoms with Crippen LogP contribution < -0.4 is 16.4 Å². The van der Waals surface area contributed by atoms with Gasteiger partial charge in [0, 0.05) is 6.54 Å². The van der Waals surface area contributed by atoms with Crippen LogP contribution in [0.15, 0.2) is 0 Å². The standard InChI is InChI=1S/C12H23N3OS/c1-2-8-14-12(16)15-10(11(13)17)9-6-4-3-5-7-9/h9-10H,2-8H2,1H3,(H2,13,17)(H2,14,15,16). The normalized spacial score (nSPS) is 18.4. The number of amides is 2. The summed E-state index contributed by atoms with van der Waals surface area (Å²) in [5.41, 5.74) is 5.73. The van der Waals surface area contributed by atoms with Crippen LogP contribution in [0, 0.1) is 5.92 Å². The Morgan fingerprint density at radius 2 is 2.06 bits per heavy atom. The second kappa shape index (κ2) is 7.48. The highest BCUT2D eigenvalue weighted by Crippen LogP contribution is 2.26. The summed E-state index contributed by atoms with van der Waals surface area (Å²) in [7, 11) is 0. The van der Waals surface area contributed by atoms with E-state index < -0.39 is 0 Å². The molecule has 1 atom stereocenters. The van der Waals surface area contributed by atoms with Gasteiger partial charge in [0.05, 0.1) is 11.0 Å². The Kier molecular flexibility index (Phi) is 6.26. The fraction of sp³-hybridized carbons (Fsp3) is 0.833. The highest BCUT2D eigenvalue weighted by atomic mass is 32.1. The third kappa shape index (κ3) is 4.89. The topological polar surface area (TPSA) is 67.2 Å². The quantitative estimate of drug-likeness (QED) is 0.659. The van der Waals surface area contributed by atoms with Crippen molar-refractivity contribution in [2.24, 2.45) is 11.7 Å². The molecule has 0 aromatic rings. The fourth-order valence-electron chi connectivity index (χ4n) is 2.32. The second-order valence-electron chi connectivity index (χ2n) is 4.68. The lowest BCUT2D eigenvalue weighted by Gasteiger charge is -2.30. The molecule has 1 aliphatic rings. The van der Waals surface area contributed by atoms with Crippen LogP contribution in [0.25, 0.3) is 0 Å². The van der Waals surface area contributed by atoms with Crippen molar-refractivity contribution < 1.29 is 4.79 Å². The van der Waals surface area contributed by atoms with Gasteiger partial charge in [-0.3, -0.25) is 0 Å². The molecule has 0 saturated heterocycles. The summed E-state index contributed by atoms with van der Waals surface area (Å²) < 4.78 is 0. The molecule has 1 rings (SSSR count). The van der Waals surface area contributed by atoms with E-state index >= 15 is 0 Å². The molecule has 4 nitrogen and oxygen atoms in total. The first-order valence-electron chi connectivity index (χ1n) is 6.48. The van der Waals surface area contributed by atoms with Crippen LogP contribution in [0.1, 0.15) is 45.4 Å². The molecule has 1 fully saturated rings. The van der Waals surface area contributed by atoms with Crippen LogP contribution >= 0.6 is 12.2 Å². The van der Waals surface area contributed by atoms with Crippen molar-refractivity contribution in [2.45, 2.75) is 51.5 Å². The van der Waals surface area contributed by atoms with E-state index in [-0.39, 0.29) is 12.1 Å². The van der Waals surface area contributed by atoms with Gasteiger partial charge in [-0.05, 0) is 25.2 Å². The number of hydrogen-bond donors (Lipinski definition) is 3. The molecule has 17 heavy (non-hydrogen) atoms. The Morgan fingerprint density at radius 3 is 2.59 bits per heavy atom. The summed E-state index contributed by atoms with van der Waals surface area (Å²) in [5, 5.41) is 5.70. The molecule has 0 radical (unpaired) electrons. The van der Waals surface area contributed by atoms with Gasteiger partial charge in [0.25, 0.3) is 0 Å². The lowest BCUT2D eigenvalue weighted by molar-refractivity contribution is 0.231. The average molecular weight is 257 g/mol. The largest absolute Gasteiger partial charge is 0.392 e. The van der Waals surface area contributed by atoms with Gasteiger partial charge in [-0.25, -0.2) is 4.79 Å². The molecule has 0 heterocycles. The van der Waals surface area contributed by atoms with E-state index in [0.29, 0.717) is 17.5 Å². The van der Waals surface area contributed by atoms with Crippen LogP contribution in [-0.2, 0) is 0 Å². The fourth-order valence-corrected chi connectivity index (χ4v) is 2.57. The summed E-state index contributed by atoms with van der Waals surface area (Å²) in [6, 6.07) is -0.308. The molecule has 1 unspecified atom stereocenters. The first kappa shape index (κ1) is 14.2. The molecule has 0 aromatic carbocycles. The second-order valence-corrected chi connectivity index (χ2v) is 5.15. The zero-order valence-corrected chi connectivity index (χ0v) is 11.3. The van der Waals surface area contributed by atoms with Crippen molar-refractivity contribution in [2.75, 3.05) is 6.54 Å². The van der Waals surface area contributed by atoms with Gasteiger partial charge in [0.2, 0.25) is 0 Å². The Bertz CT molecular complexity index is 264. The van der Waals surface area contributed by atoms with Gasteiger partial charge in [0.15, 0.2) is 0 Å². The van der Waals surface area contributed by atoms with Crippen LogP contribution in [0.2, 0.25) is 0 Å². The zero-order valence-electron chi connectivity index (χ0n) is 10.5. The molecule has 98 valence electrons. The van der Waals surface area contributed by atoms with Crippen LogP contribution in [0.3, 0.4) is 0 Å². The molecule has 0 aromatic heterocycles. The highest BCUT2D eigenvalue weighted by molar-refractivity contribution is 7.80. The lowest BCUT2D eigenvalue weighted by atomic mass is 9.84. The SMILES string of the molecule is CCCNC(=O)NC(C(N)=S)C1CCCCC1. The minimum absolute atomic E-state index is 0.151. The number of thiocarbonyl (C=S) groups is 1. The molecule has 2 amide bonds. The number of rotatable bonds is 5. The maximum absolute atomic E-state index is 11.6. The van der Waals surface area contributed by atoms with Crippen molar-refractivity contribution in [1.29, 1.82) is 0 Å². The lowest BCUT2D eigenvalue weighted by Crippen LogP contribution is -2.52. The number of nitrogens with one attached hydrogen (secondary N) is 2. The Labute approximate surface area is 109 Å². The van der Waals surface area contributed by atoms with Crippen LogP contribution in [-0.4, -0.2) is 23.6 Å². The molecule has 0 bridgehead atoms. The van der Waals surface area contributed by atoms with E-state index in [1.165, 1.54) is 19.3 Å².